The van der Waals surface area contributed by atoms with Crippen LogP contribution in [0.4, 0.5) is 17.1 Å². The molecule has 2 aromatic heterocycles. The van der Waals surface area contributed by atoms with Crippen LogP contribution in [0, 0.1) is 0 Å². The van der Waals surface area contributed by atoms with Crippen LogP contribution in [0.3, 0.4) is 0 Å². The van der Waals surface area contributed by atoms with Gasteiger partial charge in [-0.3, -0.25) is 0 Å². The van der Waals surface area contributed by atoms with Crippen molar-refractivity contribution in [1.82, 2.24) is 0 Å². The van der Waals surface area contributed by atoms with Crippen LogP contribution in [0.25, 0.3) is 97.0 Å². The molecule has 0 spiro atoms. The monoisotopic (exact) mass is 769 g/mol. The van der Waals surface area contributed by atoms with E-state index in [1.54, 1.807) is 0 Å². The molecule has 10 aromatic carbocycles. The van der Waals surface area contributed by atoms with Crippen LogP contribution in [-0.2, 0) is 0 Å². The minimum atomic E-state index is 0.902. The van der Waals surface area contributed by atoms with Crippen molar-refractivity contribution in [3.8, 4) is 33.4 Å². The maximum absolute atomic E-state index is 6.28. The number of hydrogen-bond acceptors (Lipinski definition) is 3. The van der Waals surface area contributed by atoms with Gasteiger partial charge in [-0.1, -0.05) is 158 Å². The summed E-state index contributed by atoms with van der Waals surface area (Å²) in [5.41, 5.74) is 12.3. The Kier molecular flexibility index (Phi) is 7.75. The molecule has 0 amide bonds. The Labute approximate surface area is 345 Å². The van der Waals surface area contributed by atoms with Gasteiger partial charge in [-0.05, 0) is 104 Å². The molecule has 0 aliphatic carbocycles. The first-order valence-electron chi connectivity index (χ1n) is 20.1. The van der Waals surface area contributed by atoms with Crippen molar-refractivity contribution < 1.29 is 4.42 Å². The first-order valence-corrected chi connectivity index (χ1v) is 20.9. The molecule has 0 aliphatic rings. The van der Waals surface area contributed by atoms with Crippen molar-refractivity contribution in [2.75, 3.05) is 4.90 Å². The third-order valence-corrected chi connectivity index (χ3v) is 13.0. The molecule has 3 heteroatoms. The Morgan fingerprint density at radius 3 is 1.66 bits per heavy atom. The van der Waals surface area contributed by atoms with E-state index in [1.807, 2.05) is 23.5 Å². The van der Waals surface area contributed by atoms with E-state index < -0.39 is 0 Å². The third kappa shape index (κ3) is 5.55. The van der Waals surface area contributed by atoms with Crippen molar-refractivity contribution in [3.05, 3.63) is 212 Å². The van der Waals surface area contributed by atoms with E-state index in [-0.39, 0.29) is 0 Å². The molecule has 0 N–H and O–H groups in total. The predicted octanol–water partition coefficient (Wildman–Crippen LogP) is 16.7. The van der Waals surface area contributed by atoms with Crippen molar-refractivity contribution >= 4 is 92.1 Å². The largest absolute Gasteiger partial charge is 0.456 e. The number of fused-ring (bicyclic) bond motifs is 9. The SMILES string of the molecule is c1ccc(-c2cccc3cccc(-c4ccc(N(c5ccc(-c6ccc7c(c6)oc6ccccc67)cc5)c5cc6sc7ccccc7c6c6ccccc56)cc4)c23)cc1. The first kappa shape index (κ1) is 33.7. The molecule has 0 aliphatic heterocycles. The Bertz CT molecular complexity index is 3540. The second-order valence-electron chi connectivity index (χ2n) is 15.2. The summed E-state index contributed by atoms with van der Waals surface area (Å²) < 4.78 is 8.86. The van der Waals surface area contributed by atoms with Crippen LogP contribution in [-0.4, -0.2) is 0 Å². The number of hydrogen-bond donors (Lipinski definition) is 0. The molecule has 0 bridgehead atoms. The number of rotatable bonds is 6. The average Bonchev–Trinajstić information content (AvgIpc) is 3.88. The second kappa shape index (κ2) is 13.6. The lowest BCUT2D eigenvalue weighted by Crippen LogP contribution is -2.10. The lowest BCUT2D eigenvalue weighted by Gasteiger charge is -2.27. The molecule has 0 fully saturated rings. The minimum Gasteiger partial charge on any atom is -0.456 e. The number of furan rings is 1. The lowest BCUT2D eigenvalue weighted by molar-refractivity contribution is 0.669. The standard InChI is InChI=1S/C56H35NOS/c1-2-12-37(13-3-1)43-20-10-14-39-15-11-21-44(55(39)43)38-26-31-42(32-27-38)57(50-35-54-56(48-18-5-4-16-45(48)50)49-19-7-9-23-53(49)59-54)41-29-24-36(25-30-41)40-28-33-47-46-17-6-8-22-51(46)58-52(47)34-40/h1-35H. The summed E-state index contributed by atoms with van der Waals surface area (Å²) in [5.74, 6) is 0. The van der Waals surface area contributed by atoms with E-state index in [2.05, 4.69) is 205 Å². The van der Waals surface area contributed by atoms with Gasteiger partial charge in [0.25, 0.3) is 0 Å². The van der Waals surface area contributed by atoms with E-state index in [1.165, 1.54) is 64.0 Å². The zero-order chi connectivity index (χ0) is 38.9. The molecule has 59 heavy (non-hydrogen) atoms. The lowest BCUT2D eigenvalue weighted by atomic mass is 9.91. The second-order valence-corrected chi connectivity index (χ2v) is 16.3. The van der Waals surface area contributed by atoms with Gasteiger partial charge in [0, 0.05) is 47.7 Å². The van der Waals surface area contributed by atoms with Crippen LogP contribution in [0.1, 0.15) is 0 Å². The Morgan fingerprint density at radius 2 is 0.915 bits per heavy atom. The molecule has 276 valence electrons. The number of para-hydroxylation sites is 1. The fourth-order valence-electron chi connectivity index (χ4n) is 9.12. The Balaban J connectivity index is 1.02. The highest BCUT2D eigenvalue weighted by Crippen LogP contribution is 2.47. The Morgan fingerprint density at radius 1 is 0.339 bits per heavy atom. The molecule has 12 aromatic rings. The summed E-state index contributed by atoms with van der Waals surface area (Å²) in [4.78, 5) is 2.43. The van der Waals surface area contributed by atoms with E-state index in [9.17, 15) is 0 Å². The number of thiophene rings is 1. The van der Waals surface area contributed by atoms with Crippen molar-refractivity contribution in [2.45, 2.75) is 0 Å². The van der Waals surface area contributed by atoms with Crippen molar-refractivity contribution in [2.24, 2.45) is 0 Å². The summed E-state index contributed by atoms with van der Waals surface area (Å²) in [7, 11) is 0. The first-order chi connectivity index (χ1) is 29.2. The summed E-state index contributed by atoms with van der Waals surface area (Å²) in [5, 5.41) is 9.89. The van der Waals surface area contributed by atoms with Gasteiger partial charge in [0.2, 0.25) is 0 Å². The molecular formula is C56H35NOS. The molecule has 0 unspecified atom stereocenters. The fraction of sp³-hybridized carbons (Fsp3) is 0. The molecule has 0 saturated heterocycles. The van der Waals surface area contributed by atoms with Gasteiger partial charge < -0.3 is 9.32 Å². The van der Waals surface area contributed by atoms with Crippen LogP contribution < -0.4 is 4.90 Å². The van der Waals surface area contributed by atoms with Crippen LogP contribution >= 0.6 is 11.3 Å². The third-order valence-electron chi connectivity index (χ3n) is 11.9. The maximum Gasteiger partial charge on any atom is 0.136 e. The highest BCUT2D eigenvalue weighted by atomic mass is 32.1. The zero-order valence-electron chi connectivity index (χ0n) is 32.0. The normalized spacial score (nSPS) is 11.7. The predicted molar refractivity (Wildman–Crippen MR) is 253 cm³/mol. The van der Waals surface area contributed by atoms with E-state index in [0.29, 0.717) is 0 Å². The van der Waals surface area contributed by atoms with Gasteiger partial charge in [0.05, 0.1) is 5.69 Å². The van der Waals surface area contributed by atoms with Crippen LogP contribution in [0.2, 0.25) is 0 Å². The highest BCUT2D eigenvalue weighted by molar-refractivity contribution is 7.26. The zero-order valence-corrected chi connectivity index (χ0v) is 32.8. The van der Waals surface area contributed by atoms with Gasteiger partial charge in [0.1, 0.15) is 11.2 Å². The molecule has 2 heterocycles. The number of benzene rings is 10. The molecule has 2 nitrogen and oxygen atoms in total. The van der Waals surface area contributed by atoms with E-state index >= 15 is 0 Å². The number of anilines is 3. The smallest absolute Gasteiger partial charge is 0.136 e. The summed E-state index contributed by atoms with van der Waals surface area (Å²) in [6, 6.07) is 77.0. The highest BCUT2D eigenvalue weighted by Gasteiger charge is 2.20. The molecule has 0 saturated carbocycles. The van der Waals surface area contributed by atoms with Crippen LogP contribution in [0.15, 0.2) is 217 Å². The van der Waals surface area contributed by atoms with Crippen LogP contribution in [0.5, 0.6) is 0 Å². The van der Waals surface area contributed by atoms with Crippen molar-refractivity contribution in [1.29, 1.82) is 0 Å². The fourth-order valence-corrected chi connectivity index (χ4v) is 10.3. The van der Waals surface area contributed by atoms with Crippen molar-refractivity contribution in [3.63, 3.8) is 0 Å². The van der Waals surface area contributed by atoms with E-state index in [0.717, 1.165) is 50.1 Å². The maximum atomic E-state index is 6.28. The van der Waals surface area contributed by atoms with Gasteiger partial charge >= 0.3 is 0 Å². The Hall–Kier alpha value is -7.46. The summed E-state index contributed by atoms with van der Waals surface area (Å²) in [6.07, 6.45) is 0. The molecule has 0 radical (unpaired) electrons. The topological polar surface area (TPSA) is 16.4 Å². The average molecular weight is 770 g/mol. The number of nitrogens with zero attached hydrogens (tertiary/aromatic N) is 1. The molecule has 0 atom stereocenters. The molecule has 12 rings (SSSR count). The van der Waals surface area contributed by atoms with Gasteiger partial charge in [-0.15, -0.1) is 11.3 Å². The van der Waals surface area contributed by atoms with Gasteiger partial charge in [0.15, 0.2) is 0 Å². The van der Waals surface area contributed by atoms with Gasteiger partial charge in [-0.25, -0.2) is 0 Å². The van der Waals surface area contributed by atoms with Gasteiger partial charge in [-0.2, -0.15) is 0 Å². The quantitative estimate of drug-likeness (QED) is 0.167. The summed E-state index contributed by atoms with van der Waals surface area (Å²) >= 11 is 1.87. The minimum absolute atomic E-state index is 0.902. The molecular weight excluding hydrogens is 735 g/mol. The van der Waals surface area contributed by atoms with E-state index in [4.69, 9.17) is 4.42 Å². The summed E-state index contributed by atoms with van der Waals surface area (Å²) in [6.45, 7) is 0.